The maximum absolute atomic E-state index is 12.5. The summed E-state index contributed by atoms with van der Waals surface area (Å²) in [6.07, 6.45) is 3.50. The topological polar surface area (TPSA) is 72.2 Å². The lowest BCUT2D eigenvalue weighted by Crippen LogP contribution is -2.24. The van der Waals surface area contributed by atoms with E-state index in [4.69, 9.17) is 11.6 Å². The molecule has 0 spiro atoms. The molecule has 4 rings (SSSR count). The molecule has 1 amide bonds. The van der Waals surface area contributed by atoms with Crippen LogP contribution in [-0.4, -0.2) is 25.5 Å². The molecule has 1 N–H and O–H groups in total. The van der Waals surface area contributed by atoms with Gasteiger partial charge in [0.05, 0.1) is 22.6 Å². The van der Waals surface area contributed by atoms with Gasteiger partial charge in [-0.05, 0) is 36.4 Å². The van der Waals surface area contributed by atoms with Crippen LogP contribution >= 0.6 is 11.6 Å². The van der Waals surface area contributed by atoms with E-state index in [1.54, 1.807) is 24.4 Å². The molecule has 0 unspecified atom stereocenters. The summed E-state index contributed by atoms with van der Waals surface area (Å²) in [4.78, 5) is 16.8. The predicted molar refractivity (Wildman–Crippen MR) is 90.9 cm³/mol. The zero-order valence-electron chi connectivity index (χ0n) is 12.5. The Hall–Kier alpha value is -2.99. The number of hydrogen-bond acceptors (Lipinski definition) is 4. The lowest BCUT2D eigenvalue weighted by Gasteiger charge is -2.08. The molecule has 3 aromatic heterocycles. The second kappa shape index (κ2) is 5.90. The number of aromatic nitrogens is 4. The van der Waals surface area contributed by atoms with Crippen molar-refractivity contribution < 1.29 is 4.79 Å². The van der Waals surface area contributed by atoms with Crippen LogP contribution in [0.1, 0.15) is 16.2 Å². The second-order valence-electron chi connectivity index (χ2n) is 5.22. The summed E-state index contributed by atoms with van der Waals surface area (Å²) in [5.74, 6) is 0.424. The van der Waals surface area contributed by atoms with Gasteiger partial charge in [-0.2, -0.15) is 0 Å². The largest absolute Gasteiger partial charge is 0.345 e. The van der Waals surface area contributed by atoms with Gasteiger partial charge in [0.2, 0.25) is 0 Å². The first-order valence-electron chi connectivity index (χ1n) is 7.34. The Morgan fingerprint density at radius 1 is 1.12 bits per heavy atom. The normalized spacial score (nSPS) is 11.0. The number of halogens is 1. The summed E-state index contributed by atoms with van der Waals surface area (Å²) in [5, 5.41) is 12.3. The van der Waals surface area contributed by atoms with Gasteiger partial charge < -0.3 is 5.32 Å². The van der Waals surface area contributed by atoms with Gasteiger partial charge >= 0.3 is 0 Å². The van der Waals surface area contributed by atoms with E-state index >= 15 is 0 Å². The van der Waals surface area contributed by atoms with E-state index in [0.29, 0.717) is 21.9 Å². The fraction of sp³-hybridized carbons (Fsp3) is 0.0588. The molecule has 3 heterocycles. The quantitative estimate of drug-likeness (QED) is 0.624. The molecule has 1 aromatic carbocycles. The first kappa shape index (κ1) is 14.6. The Morgan fingerprint density at radius 3 is 2.96 bits per heavy atom. The van der Waals surface area contributed by atoms with Crippen molar-refractivity contribution in [2.24, 2.45) is 0 Å². The molecule has 118 valence electrons. The third-order valence-corrected chi connectivity index (χ3v) is 4.08. The monoisotopic (exact) mass is 337 g/mol. The van der Waals surface area contributed by atoms with Gasteiger partial charge in [0.1, 0.15) is 0 Å². The summed E-state index contributed by atoms with van der Waals surface area (Å²) in [6.45, 7) is 0.265. The maximum atomic E-state index is 12.5. The summed E-state index contributed by atoms with van der Waals surface area (Å²) in [7, 11) is 0. The van der Waals surface area contributed by atoms with Crippen LogP contribution in [0.4, 0.5) is 0 Å². The number of carbonyl (C=O) groups is 1. The SMILES string of the molecule is O=C(NCc1nnc2ccccn12)c1ccc(Cl)c2cccnc12. The van der Waals surface area contributed by atoms with E-state index in [2.05, 4.69) is 20.5 Å². The molecule has 0 atom stereocenters. The lowest BCUT2D eigenvalue weighted by atomic mass is 10.1. The minimum absolute atomic E-state index is 0.233. The molecule has 0 aliphatic carbocycles. The molecule has 0 radical (unpaired) electrons. The van der Waals surface area contributed by atoms with E-state index in [0.717, 1.165) is 11.0 Å². The third-order valence-electron chi connectivity index (χ3n) is 3.75. The van der Waals surface area contributed by atoms with Gasteiger partial charge in [-0.1, -0.05) is 17.7 Å². The highest BCUT2D eigenvalue weighted by atomic mass is 35.5. The van der Waals surface area contributed by atoms with E-state index < -0.39 is 0 Å². The number of nitrogens with one attached hydrogen (secondary N) is 1. The summed E-state index contributed by atoms with van der Waals surface area (Å²) in [5.41, 5.74) is 1.79. The summed E-state index contributed by atoms with van der Waals surface area (Å²) < 4.78 is 1.83. The highest BCUT2D eigenvalue weighted by molar-refractivity contribution is 6.36. The van der Waals surface area contributed by atoms with Gasteiger partial charge in [0.15, 0.2) is 11.5 Å². The van der Waals surface area contributed by atoms with Crippen molar-refractivity contribution in [1.29, 1.82) is 0 Å². The zero-order valence-corrected chi connectivity index (χ0v) is 13.2. The van der Waals surface area contributed by atoms with Crippen molar-refractivity contribution in [3.05, 3.63) is 71.3 Å². The van der Waals surface area contributed by atoms with Gasteiger partial charge in [-0.3, -0.25) is 14.2 Å². The van der Waals surface area contributed by atoms with E-state index in [1.165, 1.54) is 0 Å². The number of rotatable bonds is 3. The van der Waals surface area contributed by atoms with Crippen molar-refractivity contribution >= 4 is 34.1 Å². The van der Waals surface area contributed by atoms with Gasteiger partial charge in [0.25, 0.3) is 5.91 Å². The molecular weight excluding hydrogens is 326 g/mol. The van der Waals surface area contributed by atoms with Crippen LogP contribution in [0, 0.1) is 0 Å². The van der Waals surface area contributed by atoms with Crippen LogP contribution in [0.15, 0.2) is 54.9 Å². The van der Waals surface area contributed by atoms with Crippen LogP contribution in [-0.2, 0) is 6.54 Å². The Labute approximate surface area is 142 Å². The summed E-state index contributed by atoms with van der Waals surface area (Å²) in [6, 6.07) is 12.6. The number of fused-ring (bicyclic) bond motifs is 2. The molecule has 0 saturated carbocycles. The van der Waals surface area contributed by atoms with Crippen molar-refractivity contribution in [3.63, 3.8) is 0 Å². The van der Waals surface area contributed by atoms with E-state index in [-0.39, 0.29) is 12.5 Å². The van der Waals surface area contributed by atoms with Crippen molar-refractivity contribution in [1.82, 2.24) is 24.9 Å². The van der Waals surface area contributed by atoms with E-state index in [1.807, 2.05) is 34.9 Å². The van der Waals surface area contributed by atoms with Gasteiger partial charge in [-0.15, -0.1) is 10.2 Å². The Kier molecular flexibility index (Phi) is 3.59. The Bertz CT molecular complexity index is 1060. The van der Waals surface area contributed by atoms with E-state index in [9.17, 15) is 4.79 Å². The number of amides is 1. The fourth-order valence-electron chi connectivity index (χ4n) is 2.59. The number of nitrogens with zero attached hydrogens (tertiary/aromatic N) is 4. The molecule has 0 aliphatic heterocycles. The fourth-order valence-corrected chi connectivity index (χ4v) is 2.80. The highest BCUT2D eigenvalue weighted by Crippen LogP contribution is 2.24. The summed E-state index contributed by atoms with van der Waals surface area (Å²) >= 11 is 6.16. The molecule has 6 nitrogen and oxygen atoms in total. The lowest BCUT2D eigenvalue weighted by molar-refractivity contribution is 0.0951. The van der Waals surface area contributed by atoms with Crippen molar-refractivity contribution in [3.8, 4) is 0 Å². The molecule has 0 saturated heterocycles. The molecule has 0 aliphatic rings. The molecule has 0 bridgehead atoms. The first-order valence-corrected chi connectivity index (χ1v) is 7.72. The van der Waals surface area contributed by atoms with Crippen molar-refractivity contribution in [2.75, 3.05) is 0 Å². The molecule has 0 fully saturated rings. The van der Waals surface area contributed by atoms with Gasteiger partial charge in [-0.25, -0.2) is 0 Å². The molecule has 24 heavy (non-hydrogen) atoms. The minimum Gasteiger partial charge on any atom is -0.345 e. The van der Waals surface area contributed by atoms with Crippen molar-refractivity contribution in [2.45, 2.75) is 6.54 Å². The van der Waals surface area contributed by atoms with Crippen LogP contribution in [0.25, 0.3) is 16.6 Å². The number of pyridine rings is 2. The first-order chi connectivity index (χ1) is 11.7. The number of benzene rings is 1. The molecular formula is C17H12ClN5O. The Balaban J connectivity index is 1.62. The second-order valence-corrected chi connectivity index (χ2v) is 5.63. The molecule has 7 heteroatoms. The number of carbonyl (C=O) groups excluding carboxylic acids is 1. The third kappa shape index (κ3) is 2.47. The maximum Gasteiger partial charge on any atom is 0.253 e. The zero-order chi connectivity index (χ0) is 16.5. The highest BCUT2D eigenvalue weighted by Gasteiger charge is 2.14. The predicted octanol–water partition coefficient (Wildman–Crippen LogP) is 2.86. The standard InChI is InChI=1S/C17H12ClN5O/c18-13-7-6-12(16-11(13)4-3-8-19-16)17(24)20-10-15-22-21-14-5-1-2-9-23(14)15/h1-9H,10H2,(H,20,24). The molecule has 4 aromatic rings. The minimum atomic E-state index is -0.233. The van der Waals surface area contributed by atoms with Gasteiger partial charge in [0, 0.05) is 17.8 Å². The van der Waals surface area contributed by atoms with Crippen LogP contribution < -0.4 is 5.32 Å². The number of hydrogen-bond donors (Lipinski definition) is 1. The van der Waals surface area contributed by atoms with Crippen LogP contribution in [0.5, 0.6) is 0 Å². The Morgan fingerprint density at radius 2 is 2.04 bits per heavy atom. The van der Waals surface area contributed by atoms with Crippen LogP contribution in [0.3, 0.4) is 0 Å². The average molecular weight is 338 g/mol. The smallest absolute Gasteiger partial charge is 0.253 e. The average Bonchev–Trinajstić information content (AvgIpc) is 3.03. The van der Waals surface area contributed by atoms with Crippen LogP contribution in [0.2, 0.25) is 5.02 Å².